The molecule has 0 spiro atoms. The molecule has 0 aliphatic carbocycles. The Kier molecular flexibility index (Phi) is 2.29. The number of aromatic nitrogens is 1. The summed E-state index contributed by atoms with van der Waals surface area (Å²) >= 11 is 1.88. The highest BCUT2D eigenvalue weighted by molar-refractivity contribution is 7.26. The summed E-state index contributed by atoms with van der Waals surface area (Å²) in [6.45, 7) is 4.36. The lowest BCUT2D eigenvalue weighted by atomic mass is 10.0. The molecule has 3 aromatic carbocycles. The van der Waals surface area contributed by atoms with Gasteiger partial charge in [-0.3, -0.25) is 0 Å². The molecule has 2 heterocycles. The third-order valence-electron chi connectivity index (χ3n) is 4.73. The van der Waals surface area contributed by atoms with Crippen LogP contribution in [0.4, 0.5) is 0 Å². The lowest BCUT2D eigenvalue weighted by Crippen LogP contribution is -1.79. The van der Waals surface area contributed by atoms with E-state index in [2.05, 4.69) is 67.4 Å². The molecule has 0 bridgehead atoms. The first kappa shape index (κ1) is 12.2. The third-order valence-corrected chi connectivity index (χ3v) is 5.93. The molecule has 0 amide bonds. The van der Waals surface area contributed by atoms with Crippen molar-refractivity contribution in [1.82, 2.24) is 4.98 Å². The van der Waals surface area contributed by atoms with Crippen LogP contribution in [0, 0.1) is 13.8 Å². The highest BCUT2D eigenvalue weighted by Crippen LogP contribution is 2.40. The minimum Gasteiger partial charge on any atom is -0.353 e. The van der Waals surface area contributed by atoms with Gasteiger partial charge in [-0.1, -0.05) is 30.3 Å². The second kappa shape index (κ2) is 4.11. The molecule has 0 fully saturated rings. The first-order chi connectivity index (χ1) is 10.7. The van der Waals surface area contributed by atoms with Gasteiger partial charge in [-0.15, -0.1) is 11.3 Å². The molecule has 0 saturated heterocycles. The molecule has 22 heavy (non-hydrogen) atoms. The van der Waals surface area contributed by atoms with E-state index in [1.165, 1.54) is 53.1 Å². The number of hydrogen-bond acceptors (Lipinski definition) is 1. The molecule has 0 aliphatic heterocycles. The van der Waals surface area contributed by atoms with Crippen molar-refractivity contribution < 1.29 is 0 Å². The van der Waals surface area contributed by atoms with Crippen LogP contribution in [-0.4, -0.2) is 4.98 Å². The van der Waals surface area contributed by atoms with Gasteiger partial charge in [0.25, 0.3) is 0 Å². The van der Waals surface area contributed by atoms with Gasteiger partial charge < -0.3 is 4.98 Å². The van der Waals surface area contributed by atoms with Gasteiger partial charge in [0.1, 0.15) is 0 Å². The Balaban J connectivity index is 2.04. The van der Waals surface area contributed by atoms with E-state index in [-0.39, 0.29) is 0 Å². The van der Waals surface area contributed by atoms with Crippen LogP contribution in [0.15, 0.2) is 48.5 Å². The minimum atomic E-state index is 1.24. The van der Waals surface area contributed by atoms with Crippen LogP contribution in [0.2, 0.25) is 0 Å². The predicted molar refractivity (Wildman–Crippen MR) is 98.2 cm³/mol. The van der Waals surface area contributed by atoms with Gasteiger partial charge in [-0.05, 0) is 43.2 Å². The van der Waals surface area contributed by atoms with E-state index < -0.39 is 0 Å². The largest absolute Gasteiger partial charge is 0.353 e. The molecule has 0 aliphatic rings. The highest BCUT2D eigenvalue weighted by Gasteiger charge is 2.12. The maximum absolute atomic E-state index is 3.66. The van der Waals surface area contributed by atoms with E-state index in [0.29, 0.717) is 0 Å². The van der Waals surface area contributed by atoms with Crippen molar-refractivity contribution >= 4 is 53.3 Å². The summed E-state index contributed by atoms with van der Waals surface area (Å²) in [5, 5.41) is 5.37. The summed E-state index contributed by atoms with van der Waals surface area (Å²) in [5.41, 5.74) is 5.21. The summed E-state index contributed by atoms with van der Waals surface area (Å²) in [5.74, 6) is 0. The Labute approximate surface area is 132 Å². The maximum atomic E-state index is 3.66. The topological polar surface area (TPSA) is 15.8 Å². The number of rotatable bonds is 0. The minimum absolute atomic E-state index is 1.24. The number of H-pyrrole nitrogens is 1. The van der Waals surface area contributed by atoms with E-state index in [4.69, 9.17) is 0 Å². The normalized spacial score (nSPS) is 12.1. The van der Waals surface area contributed by atoms with Gasteiger partial charge in [0.15, 0.2) is 0 Å². The molecule has 1 nitrogen and oxygen atoms in total. The van der Waals surface area contributed by atoms with E-state index in [9.17, 15) is 0 Å². The van der Waals surface area contributed by atoms with Crippen molar-refractivity contribution in [3.8, 4) is 0 Å². The van der Waals surface area contributed by atoms with E-state index in [0.717, 1.165) is 0 Å². The summed E-state index contributed by atoms with van der Waals surface area (Å²) in [4.78, 5) is 3.66. The fourth-order valence-electron chi connectivity index (χ4n) is 3.41. The highest BCUT2D eigenvalue weighted by atomic mass is 32.1. The van der Waals surface area contributed by atoms with Crippen molar-refractivity contribution in [2.24, 2.45) is 0 Å². The summed E-state index contributed by atoms with van der Waals surface area (Å²) in [7, 11) is 0. The van der Waals surface area contributed by atoms with E-state index >= 15 is 0 Å². The monoisotopic (exact) mass is 301 g/mol. The second-order valence-electron chi connectivity index (χ2n) is 6.07. The first-order valence-corrected chi connectivity index (χ1v) is 8.37. The zero-order valence-electron chi connectivity index (χ0n) is 12.5. The molecule has 5 aromatic rings. The van der Waals surface area contributed by atoms with Crippen molar-refractivity contribution in [2.45, 2.75) is 13.8 Å². The van der Waals surface area contributed by atoms with Crippen molar-refractivity contribution in [2.75, 3.05) is 0 Å². The van der Waals surface area contributed by atoms with Crippen LogP contribution in [0.5, 0.6) is 0 Å². The van der Waals surface area contributed by atoms with Crippen LogP contribution in [0.25, 0.3) is 42.0 Å². The zero-order chi connectivity index (χ0) is 14.8. The molecule has 0 radical (unpaired) electrons. The number of thiophene rings is 1. The molecule has 106 valence electrons. The molecule has 2 heteroatoms. The molecular formula is C20H15NS. The predicted octanol–water partition coefficient (Wildman–Crippen LogP) is 6.31. The quantitative estimate of drug-likeness (QED) is 0.345. The standard InChI is InChI=1S/C20H15NS/c1-11-9-16-14-7-8-15-13-5-3-4-6-18(13)22-20(15)19(14)21-17(16)10-12(11)2/h3-10,21H,1-2H3. The van der Waals surface area contributed by atoms with Crippen LogP contribution < -0.4 is 0 Å². The number of benzene rings is 3. The lowest BCUT2D eigenvalue weighted by Gasteiger charge is -1.99. The molecule has 0 atom stereocenters. The fraction of sp³-hybridized carbons (Fsp3) is 0.100. The van der Waals surface area contributed by atoms with Gasteiger partial charge in [-0.2, -0.15) is 0 Å². The maximum Gasteiger partial charge on any atom is 0.0646 e. The average molecular weight is 301 g/mol. The Morgan fingerprint density at radius 2 is 1.55 bits per heavy atom. The smallest absolute Gasteiger partial charge is 0.0646 e. The number of hydrogen-bond donors (Lipinski definition) is 1. The van der Waals surface area contributed by atoms with Gasteiger partial charge in [0, 0.05) is 31.8 Å². The number of nitrogens with one attached hydrogen (secondary N) is 1. The Bertz CT molecular complexity index is 1190. The van der Waals surface area contributed by atoms with Crippen molar-refractivity contribution in [3.05, 3.63) is 59.7 Å². The third kappa shape index (κ3) is 1.48. The molecule has 0 unspecified atom stereocenters. The Morgan fingerprint density at radius 3 is 2.45 bits per heavy atom. The molecular weight excluding hydrogens is 286 g/mol. The SMILES string of the molecule is Cc1cc2[nH]c3c(ccc4c5ccccc5sc43)c2cc1C. The summed E-state index contributed by atoms with van der Waals surface area (Å²) < 4.78 is 2.72. The van der Waals surface area contributed by atoms with Gasteiger partial charge in [-0.25, -0.2) is 0 Å². The summed E-state index contributed by atoms with van der Waals surface area (Å²) in [6.07, 6.45) is 0. The van der Waals surface area contributed by atoms with Crippen molar-refractivity contribution in [1.29, 1.82) is 0 Å². The van der Waals surface area contributed by atoms with E-state index in [1.807, 2.05) is 11.3 Å². The van der Waals surface area contributed by atoms with E-state index in [1.54, 1.807) is 0 Å². The van der Waals surface area contributed by atoms with Crippen LogP contribution in [-0.2, 0) is 0 Å². The van der Waals surface area contributed by atoms with Gasteiger partial charge in [0.05, 0.1) is 10.2 Å². The summed E-state index contributed by atoms with van der Waals surface area (Å²) in [6, 6.07) is 17.8. The second-order valence-corrected chi connectivity index (χ2v) is 7.12. The van der Waals surface area contributed by atoms with Crippen LogP contribution in [0.3, 0.4) is 0 Å². The Morgan fingerprint density at radius 1 is 0.773 bits per heavy atom. The first-order valence-electron chi connectivity index (χ1n) is 7.55. The number of aryl methyl sites for hydroxylation is 2. The zero-order valence-corrected chi connectivity index (χ0v) is 13.3. The van der Waals surface area contributed by atoms with Crippen molar-refractivity contribution in [3.63, 3.8) is 0 Å². The van der Waals surface area contributed by atoms with Crippen LogP contribution in [0.1, 0.15) is 11.1 Å². The fourth-order valence-corrected chi connectivity index (χ4v) is 4.62. The average Bonchev–Trinajstić information content (AvgIpc) is 3.06. The molecule has 1 N–H and O–H groups in total. The van der Waals surface area contributed by atoms with Gasteiger partial charge in [0.2, 0.25) is 0 Å². The number of aromatic amines is 1. The van der Waals surface area contributed by atoms with Crippen LogP contribution >= 0.6 is 11.3 Å². The Hall–Kier alpha value is -2.32. The molecule has 0 saturated carbocycles. The lowest BCUT2D eigenvalue weighted by molar-refractivity contribution is 1.36. The molecule has 5 rings (SSSR count). The van der Waals surface area contributed by atoms with Gasteiger partial charge >= 0.3 is 0 Å². The number of fused-ring (bicyclic) bond motifs is 7. The molecule has 2 aromatic heterocycles.